The highest BCUT2D eigenvalue weighted by atomic mass is 19.1. The van der Waals surface area contributed by atoms with Crippen LogP contribution in [0.1, 0.15) is 22.9 Å². The second-order valence-electron chi connectivity index (χ2n) is 4.78. The van der Waals surface area contributed by atoms with E-state index in [1.165, 1.54) is 5.56 Å². The van der Waals surface area contributed by atoms with Crippen LogP contribution in [0.25, 0.3) is 0 Å². The Morgan fingerprint density at radius 2 is 1.72 bits per heavy atom. The normalized spacial score (nSPS) is 22.5. The molecule has 0 aromatic heterocycles. The molecular formula is C16H16FN. The average Bonchev–Trinajstić information content (AvgIpc) is 2.43. The first-order chi connectivity index (χ1) is 8.84. The zero-order chi connectivity index (χ0) is 12.4. The third kappa shape index (κ3) is 2.16. The van der Waals surface area contributed by atoms with Gasteiger partial charge in [0, 0.05) is 12.6 Å². The van der Waals surface area contributed by atoms with E-state index < -0.39 is 6.17 Å². The zero-order valence-corrected chi connectivity index (χ0v) is 10.1. The van der Waals surface area contributed by atoms with Crippen LogP contribution in [0.15, 0.2) is 54.6 Å². The summed E-state index contributed by atoms with van der Waals surface area (Å²) in [6, 6.07) is 17.7. The summed E-state index contributed by atoms with van der Waals surface area (Å²) in [4.78, 5) is 0. The molecule has 3 rings (SSSR count). The molecule has 0 unspecified atom stereocenters. The Morgan fingerprint density at radius 3 is 2.56 bits per heavy atom. The van der Waals surface area contributed by atoms with Gasteiger partial charge in [-0.2, -0.15) is 0 Å². The molecule has 1 N–H and O–H groups in total. The molecule has 0 spiro atoms. The second kappa shape index (κ2) is 4.91. The summed E-state index contributed by atoms with van der Waals surface area (Å²) in [5.74, 6) is 0. The molecule has 1 aliphatic heterocycles. The SMILES string of the molecule is F[C@H]1c2ccccc2CN[C@H]1Cc1ccccc1. The van der Waals surface area contributed by atoms with E-state index in [1.54, 1.807) is 0 Å². The van der Waals surface area contributed by atoms with Crippen molar-refractivity contribution in [2.45, 2.75) is 25.2 Å². The molecule has 0 saturated heterocycles. The van der Waals surface area contributed by atoms with Gasteiger partial charge in [0.25, 0.3) is 0 Å². The van der Waals surface area contributed by atoms with Crippen molar-refractivity contribution in [3.8, 4) is 0 Å². The van der Waals surface area contributed by atoms with E-state index in [2.05, 4.69) is 17.4 Å². The summed E-state index contributed by atoms with van der Waals surface area (Å²) in [6.45, 7) is 0.758. The van der Waals surface area contributed by atoms with Crippen molar-refractivity contribution in [2.24, 2.45) is 0 Å². The van der Waals surface area contributed by atoms with E-state index in [4.69, 9.17) is 0 Å². The van der Waals surface area contributed by atoms with Gasteiger partial charge in [-0.1, -0.05) is 54.6 Å². The van der Waals surface area contributed by atoms with Gasteiger partial charge in [0.15, 0.2) is 0 Å². The maximum absolute atomic E-state index is 14.5. The molecule has 0 amide bonds. The fourth-order valence-electron chi connectivity index (χ4n) is 2.57. The van der Waals surface area contributed by atoms with E-state index in [0.29, 0.717) is 0 Å². The van der Waals surface area contributed by atoms with Gasteiger partial charge in [-0.05, 0) is 23.1 Å². The lowest BCUT2D eigenvalue weighted by molar-refractivity contribution is 0.233. The summed E-state index contributed by atoms with van der Waals surface area (Å²) in [7, 11) is 0. The Kier molecular flexibility index (Phi) is 3.11. The average molecular weight is 241 g/mol. The van der Waals surface area contributed by atoms with Gasteiger partial charge >= 0.3 is 0 Å². The maximum atomic E-state index is 14.5. The third-order valence-electron chi connectivity index (χ3n) is 3.56. The van der Waals surface area contributed by atoms with E-state index in [9.17, 15) is 4.39 Å². The molecule has 1 heterocycles. The summed E-state index contributed by atoms with van der Waals surface area (Å²) in [5.41, 5.74) is 3.10. The lowest BCUT2D eigenvalue weighted by Gasteiger charge is -2.29. The highest BCUT2D eigenvalue weighted by Gasteiger charge is 2.28. The van der Waals surface area contributed by atoms with E-state index in [1.807, 2.05) is 42.5 Å². The first kappa shape index (κ1) is 11.4. The molecule has 0 saturated carbocycles. The maximum Gasteiger partial charge on any atom is 0.141 e. The Hall–Kier alpha value is -1.67. The fourth-order valence-corrected chi connectivity index (χ4v) is 2.57. The van der Waals surface area contributed by atoms with Crippen LogP contribution < -0.4 is 5.32 Å². The van der Waals surface area contributed by atoms with E-state index >= 15 is 0 Å². The van der Waals surface area contributed by atoms with Crippen molar-refractivity contribution in [3.63, 3.8) is 0 Å². The molecule has 1 nitrogen and oxygen atoms in total. The second-order valence-corrected chi connectivity index (χ2v) is 4.78. The van der Waals surface area contributed by atoms with Crippen molar-refractivity contribution >= 4 is 0 Å². The van der Waals surface area contributed by atoms with E-state index in [-0.39, 0.29) is 6.04 Å². The fraction of sp³-hybridized carbons (Fsp3) is 0.250. The smallest absolute Gasteiger partial charge is 0.141 e. The van der Waals surface area contributed by atoms with Gasteiger partial charge in [0.2, 0.25) is 0 Å². The van der Waals surface area contributed by atoms with Crippen LogP contribution in [0.4, 0.5) is 4.39 Å². The Bertz CT molecular complexity index is 524. The summed E-state index contributed by atoms with van der Waals surface area (Å²) >= 11 is 0. The molecule has 18 heavy (non-hydrogen) atoms. The molecule has 2 heteroatoms. The van der Waals surface area contributed by atoms with Crippen molar-refractivity contribution in [1.82, 2.24) is 5.32 Å². The molecule has 1 aliphatic rings. The van der Waals surface area contributed by atoms with Crippen LogP contribution in [0.2, 0.25) is 0 Å². The lowest BCUT2D eigenvalue weighted by atomic mass is 9.90. The minimum atomic E-state index is -0.921. The first-order valence-electron chi connectivity index (χ1n) is 6.34. The Balaban J connectivity index is 1.81. The summed E-state index contributed by atoms with van der Waals surface area (Å²) < 4.78 is 14.5. The standard InChI is InChI=1S/C16H16FN/c17-16-14-9-5-4-8-13(14)11-18-15(16)10-12-6-2-1-3-7-12/h1-9,15-16,18H,10-11H2/t15-,16-/m0/s1. The Morgan fingerprint density at radius 1 is 1.00 bits per heavy atom. The van der Waals surface area contributed by atoms with Gasteiger partial charge in [0.1, 0.15) is 6.17 Å². The van der Waals surface area contributed by atoms with Crippen molar-refractivity contribution in [1.29, 1.82) is 0 Å². The molecule has 0 bridgehead atoms. The van der Waals surface area contributed by atoms with Crippen LogP contribution in [-0.2, 0) is 13.0 Å². The highest BCUT2D eigenvalue weighted by molar-refractivity contribution is 5.33. The van der Waals surface area contributed by atoms with Crippen LogP contribution in [-0.4, -0.2) is 6.04 Å². The molecule has 2 aromatic rings. The van der Waals surface area contributed by atoms with Crippen LogP contribution in [0, 0.1) is 0 Å². The van der Waals surface area contributed by atoms with Crippen LogP contribution >= 0.6 is 0 Å². The summed E-state index contributed by atoms with van der Waals surface area (Å²) in [5, 5.41) is 3.30. The summed E-state index contributed by atoms with van der Waals surface area (Å²) in [6.07, 6.45) is -0.189. The number of benzene rings is 2. The minimum Gasteiger partial charge on any atom is -0.306 e. The predicted molar refractivity (Wildman–Crippen MR) is 71.1 cm³/mol. The quantitative estimate of drug-likeness (QED) is 0.849. The minimum absolute atomic E-state index is 0.123. The topological polar surface area (TPSA) is 12.0 Å². The van der Waals surface area contributed by atoms with Gasteiger partial charge in [-0.3, -0.25) is 0 Å². The number of rotatable bonds is 2. The van der Waals surface area contributed by atoms with Crippen molar-refractivity contribution < 1.29 is 4.39 Å². The van der Waals surface area contributed by atoms with E-state index in [0.717, 1.165) is 24.1 Å². The first-order valence-corrected chi connectivity index (χ1v) is 6.34. The molecule has 2 aromatic carbocycles. The number of hydrogen-bond acceptors (Lipinski definition) is 1. The lowest BCUT2D eigenvalue weighted by Crippen LogP contribution is -2.39. The van der Waals surface area contributed by atoms with Crippen molar-refractivity contribution in [3.05, 3.63) is 71.3 Å². The monoisotopic (exact) mass is 241 g/mol. The number of nitrogens with one attached hydrogen (secondary N) is 1. The van der Waals surface area contributed by atoms with Crippen molar-refractivity contribution in [2.75, 3.05) is 0 Å². The molecule has 2 atom stereocenters. The molecule has 0 aliphatic carbocycles. The van der Waals surface area contributed by atoms with Gasteiger partial charge < -0.3 is 5.32 Å². The predicted octanol–water partition coefficient (Wildman–Crippen LogP) is 3.41. The molecule has 0 radical (unpaired) electrons. The zero-order valence-electron chi connectivity index (χ0n) is 10.1. The number of hydrogen-bond donors (Lipinski definition) is 1. The van der Waals surface area contributed by atoms with Crippen LogP contribution in [0.3, 0.4) is 0 Å². The number of halogens is 1. The molecular weight excluding hydrogens is 225 g/mol. The van der Waals surface area contributed by atoms with Crippen LogP contribution in [0.5, 0.6) is 0 Å². The molecule has 92 valence electrons. The van der Waals surface area contributed by atoms with Gasteiger partial charge in [-0.25, -0.2) is 4.39 Å². The number of fused-ring (bicyclic) bond motifs is 1. The number of alkyl halides is 1. The Labute approximate surface area is 107 Å². The largest absolute Gasteiger partial charge is 0.306 e. The van der Waals surface area contributed by atoms with Gasteiger partial charge in [-0.15, -0.1) is 0 Å². The third-order valence-corrected chi connectivity index (χ3v) is 3.56. The highest BCUT2D eigenvalue weighted by Crippen LogP contribution is 2.30. The molecule has 0 fully saturated rings. The van der Waals surface area contributed by atoms with Gasteiger partial charge in [0.05, 0.1) is 0 Å².